The quantitative estimate of drug-likeness (QED) is 0.552. The van der Waals surface area contributed by atoms with E-state index in [4.69, 9.17) is 9.47 Å². The van der Waals surface area contributed by atoms with Gasteiger partial charge in [0, 0.05) is 20.0 Å². The highest BCUT2D eigenvalue weighted by Crippen LogP contribution is 2.24. The third-order valence-corrected chi connectivity index (χ3v) is 5.12. The van der Waals surface area contributed by atoms with Gasteiger partial charge < -0.3 is 14.4 Å². The summed E-state index contributed by atoms with van der Waals surface area (Å²) in [6.07, 6.45) is 1.11. The maximum Gasteiger partial charge on any atom is 0.338 e. The molecule has 0 radical (unpaired) electrons. The van der Waals surface area contributed by atoms with Gasteiger partial charge in [-0.2, -0.15) is 0 Å². The SMILES string of the molecule is CC(=O)Oc1ccc(-c2ccc(C(=O)OCC(=O)N3C[C@H](C)C[C@H](C)C3)cc2)cc1. The molecule has 1 fully saturated rings. The fourth-order valence-electron chi connectivity index (χ4n) is 3.85. The number of carbonyl (C=O) groups is 3. The van der Waals surface area contributed by atoms with Gasteiger partial charge in [-0.3, -0.25) is 9.59 Å². The van der Waals surface area contributed by atoms with Crippen molar-refractivity contribution in [2.45, 2.75) is 27.2 Å². The van der Waals surface area contributed by atoms with Crippen molar-refractivity contribution in [1.82, 2.24) is 4.90 Å². The zero-order valence-corrected chi connectivity index (χ0v) is 17.6. The molecule has 2 aromatic rings. The van der Waals surface area contributed by atoms with Crippen LogP contribution in [0.3, 0.4) is 0 Å². The molecule has 2 aromatic carbocycles. The summed E-state index contributed by atoms with van der Waals surface area (Å²) >= 11 is 0. The molecular formula is C24H27NO5. The van der Waals surface area contributed by atoms with E-state index < -0.39 is 5.97 Å². The Labute approximate surface area is 176 Å². The second-order valence-corrected chi connectivity index (χ2v) is 8.02. The first kappa shape index (κ1) is 21.6. The fraction of sp³-hybridized carbons (Fsp3) is 0.375. The van der Waals surface area contributed by atoms with E-state index >= 15 is 0 Å². The normalized spacial score (nSPS) is 18.6. The maximum absolute atomic E-state index is 12.4. The van der Waals surface area contributed by atoms with Crippen LogP contribution in [0.5, 0.6) is 5.75 Å². The second kappa shape index (κ2) is 9.57. The molecule has 6 heteroatoms. The molecule has 0 saturated carbocycles. The van der Waals surface area contributed by atoms with Crippen LogP contribution in [0.4, 0.5) is 0 Å². The highest BCUT2D eigenvalue weighted by molar-refractivity contribution is 5.92. The number of hydrogen-bond acceptors (Lipinski definition) is 5. The van der Waals surface area contributed by atoms with Gasteiger partial charge in [0.1, 0.15) is 5.75 Å². The first-order chi connectivity index (χ1) is 14.3. The van der Waals surface area contributed by atoms with Crippen molar-refractivity contribution in [2.75, 3.05) is 19.7 Å². The Hall–Kier alpha value is -3.15. The summed E-state index contributed by atoms with van der Waals surface area (Å²) in [5, 5.41) is 0. The predicted octanol–water partition coefficient (Wildman–Crippen LogP) is 3.94. The maximum atomic E-state index is 12.4. The number of piperidine rings is 1. The minimum Gasteiger partial charge on any atom is -0.452 e. The van der Waals surface area contributed by atoms with Crippen LogP contribution in [0, 0.1) is 11.8 Å². The first-order valence-electron chi connectivity index (χ1n) is 10.2. The topological polar surface area (TPSA) is 72.9 Å². The van der Waals surface area contributed by atoms with Gasteiger partial charge in [-0.25, -0.2) is 4.79 Å². The zero-order chi connectivity index (χ0) is 21.7. The van der Waals surface area contributed by atoms with Gasteiger partial charge in [-0.1, -0.05) is 38.1 Å². The lowest BCUT2D eigenvalue weighted by Gasteiger charge is -2.34. The number of carbonyl (C=O) groups excluding carboxylic acids is 3. The number of benzene rings is 2. The molecule has 2 atom stereocenters. The molecule has 1 amide bonds. The minimum absolute atomic E-state index is 0.147. The van der Waals surface area contributed by atoms with Crippen molar-refractivity contribution in [3.8, 4) is 16.9 Å². The summed E-state index contributed by atoms with van der Waals surface area (Å²) < 4.78 is 10.3. The Kier molecular flexibility index (Phi) is 6.87. The smallest absolute Gasteiger partial charge is 0.338 e. The van der Waals surface area contributed by atoms with E-state index in [0.29, 0.717) is 36.2 Å². The van der Waals surface area contributed by atoms with E-state index in [1.165, 1.54) is 6.92 Å². The van der Waals surface area contributed by atoms with E-state index in [1.807, 2.05) is 24.3 Å². The van der Waals surface area contributed by atoms with Crippen LogP contribution in [-0.4, -0.2) is 42.4 Å². The molecular weight excluding hydrogens is 382 g/mol. The molecule has 1 saturated heterocycles. The van der Waals surface area contributed by atoms with E-state index in [2.05, 4.69) is 13.8 Å². The van der Waals surface area contributed by atoms with Gasteiger partial charge in [-0.05, 0) is 53.6 Å². The number of amides is 1. The third kappa shape index (κ3) is 5.69. The number of ether oxygens (including phenoxy) is 2. The molecule has 0 unspecified atom stereocenters. The molecule has 1 aliphatic rings. The molecule has 0 bridgehead atoms. The highest BCUT2D eigenvalue weighted by atomic mass is 16.5. The van der Waals surface area contributed by atoms with Crippen molar-refractivity contribution in [3.05, 3.63) is 54.1 Å². The minimum atomic E-state index is -0.516. The van der Waals surface area contributed by atoms with E-state index in [-0.39, 0.29) is 18.5 Å². The van der Waals surface area contributed by atoms with E-state index in [9.17, 15) is 14.4 Å². The lowest BCUT2D eigenvalue weighted by Crippen LogP contribution is -2.44. The molecule has 0 N–H and O–H groups in total. The van der Waals surface area contributed by atoms with Gasteiger partial charge in [0.2, 0.25) is 0 Å². The zero-order valence-electron chi connectivity index (χ0n) is 17.6. The standard InChI is InChI=1S/C24H27NO5/c1-16-12-17(2)14-25(13-16)23(27)15-29-24(28)21-6-4-19(5-7-21)20-8-10-22(11-9-20)30-18(3)26/h4-11,16-17H,12-15H2,1-3H3/t16-,17+. The van der Waals surface area contributed by atoms with Crippen molar-refractivity contribution in [1.29, 1.82) is 0 Å². The summed E-state index contributed by atoms with van der Waals surface area (Å²) in [5.74, 6) is 0.375. The molecule has 0 spiro atoms. The average Bonchev–Trinajstić information content (AvgIpc) is 2.71. The summed E-state index contributed by atoms with van der Waals surface area (Å²) in [6.45, 7) is 6.81. The van der Waals surface area contributed by atoms with Crippen molar-refractivity contribution in [2.24, 2.45) is 11.8 Å². The lowest BCUT2D eigenvalue weighted by molar-refractivity contribution is -0.137. The van der Waals surface area contributed by atoms with E-state index in [0.717, 1.165) is 17.5 Å². The molecule has 158 valence electrons. The molecule has 6 nitrogen and oxygen atoms in total. The second-order valence-electron chi connectivity index (χ2n) is 8.02. The van der Waals surface area contributed by atoms with Crippen LogP contribution in [0.15, 0.2) is 48.5 Å². The first-order valence-corrected chi connectivity index (χ1v) is 10.2. The highest BCUT2D eigenvalue weighted by Gasteiger charge is 2.26. The molecule has 0 aliphatic carbocycles. The van der Waals surface area contributed by atoms with Crippen LogP contribution in [0.2, 0.25) is 0 Å². The monoisotopic (exact) mass is 409 g/mol. The third-order valence-electron chi connectivity index (χ3n) is 5.12. The Morgan fingerprint density at radius 3 is 1.97 bits per heavy atom. The van der Waals surface area contributed by atoms with Gasteiger partial charge >= 0.3 is 11.9 Å². The van der Waals surface area contributed by atoms with Crippen LogP contribution in [0.25, 0.3) is 11.1 Å². The van der Waals surface area contributed by atoms with Gasteiger partial charge in [0.05, 0.1) is 5.56 Å². The Morgan fingerprint density at radius 2 is 1.43 bits per heavy atom. The fourth-order valence-corrected chi connectivity index (χ4v) is 3.85. The number of likely N-dealkylation sites (tertiary alicyclic amines) is 1. The number of hydrogen-bond donors (Lipinski definition) is 0. The van der Waals surface area contributed by atoms with Crippen LogP contribution < -0.4 is 4.74 Å². The van der Waals surface area contributed by atoms with Crippen molar-refractivity contribution in [3.63, 3.8) is 0 Å². The van der Waals surface area contributed by atoms with E-state index in [1.54, 1.807) is 29.2 Å². The summed E-state index contributed by atoms with van der Waals surface area (Å²) in [5.41, 5.74) is 2.23. The Balaban J connectivity index is 1.56. The predicted molar refractivity (Wildman–Crippen MR) is 113 cm³/mol. The number of esters is 2. The summed E-state index contributed by atoms with van der Waals surface area (Å²) in [4.78, 5) is 37.5. The van der Waals surface area contributed by atoms with Crippen LogP contribution in [-0.2, 0) is 14.3 Å². The molecule has 0 aromatic heterocycles. The van der Waals surface area contributed by atoms with Gasteiger partial charge in [0.15, 0.2) is 6.61 Å². The number of rotatable bonds is 5. The molecule has 1 aliphatic heterocycles. The Morgan fingerprint density at radius 1 is 0.900 bits per heavy atom. The largest absolute Gasteiger partial charge is 0.452 e. The van der Waals surface area contributed by atoms with Crippen LogP contribution in [0.1, 0.15) is 37.6 Å². The lowest BCUT2D eigenvalue weighted by atomic mass is 9.92. The summed E-state index contributed by atoms with van der Waals surface area (Å²) in [7, 11) is 0. The molecule has 3 rings (SSSR count). The average molecular weight is 409 g/mol. The van der Waals surface area contributed by atoms with Gasteiger partial charge in [-0.15, -0.1) is 0 Å². The van der Waals surface area contributed by atoms with Crippen molar-refractivity contribution < 1.29 is 23.9 Å². The number of nitrogens with zero attached hydrogens (tertiary/aromatic N) is 1. The van der Waals surface area contributed by atoms with Gasteiger partial charge in [0.25, 0.3) is 5.91 Å². The molecule has 30 heavy (non-hydrogen) atoms. The van der Waals surface area contributed by atoms with Crippen LogP contribution >= 0.6 is 0 Å². The van der Waals surface area contributed by atoms with Crippen molar-refractivity contribution >= 4 is 17.8 Å². The molecule has 1 heterocycles. The Bertz CT molecular complexity index is 894. The summed E-state index contributed by atoms with van der Waals surface area (Å²) in [6, 6.07) is 14.1.